The maximum Gasteiger partial charge on any atom is 0.0666 e. The Morgan fingerprint density at radius 1 is 1.62 bits per heavy atom. The maximum absolute atomic E-state index is 8.74. The van der Waals surface area contributed by atoms with E-state index in [9.17, 15) is 0 Å². The summed E-state index contributed by atoms with van der Waals surface area (Å²) in [4.78, 5) is 2.48. The normalized spacial score (nSPS) is 35.7. The number of piperidine rings is 2. The molecule has 3 unspecified atom stereocenters. The van der Waals surface area contributed by atoms with Crippen LogP contribution < -0.4 is 5.32 Å². The molecular weight excluding hydrogens is 162 g/mol. The van der Waals surface area contributed by atoms with Crippen LogP contribution in [0.1, 0.15) is 19.8 Å². The van der Waals surface area contributed by atoms with Gasteiger partial charge in [0.1, 0.15) is 0 Å². The zero-order valence-electron chi connectivity index (χ0n) is 8.16. The van der Waals surface area contributed by atoms with Crippen molar-refractivity contribution in [1.82, 2.24) is 10.2 Å². The summed E-state index contributed by atoms with van der Waals surface area (Å²) in [7, 11) is 0. The number of piperazine rings is 1. The minimum Gasteiger partial charge on any atom is -0.311 e. The molecule has 0 aromatic heterocycles. The Bertz CT molecular complexity index is 213. The van der Waals surface area contributed by atoms with Crippen molar-refractivity contribution in [3.8, 4) is 6.07 Å². The van der Waals surface area contributed by atoms with Crippen LogP contribution in [0.15, 0.2) is 0 Å². The summed E-state index contributed by atoms with van der Waals surface area (Å²) in [5.74, 6) is 0.180. The molecule has 0 amide bonds. The molecule has 3 fully saturated rings. The van der Waals surface area contributed by atoms with Crippen LogP contribution in [0.25, 0.3) is 0 Å². The van der Waals surface area contributed by atoms with Crippen molar-refractivity contribution in [3.05, 3.63) is 0 Å². The highest BCUT2D eigenvalue weighted by atomic mass is 15.2. The van der Waals surface area contributed by atoms with Gasteiger partial charge in [0, 0.05) is 31.7 Å². The summed E-state index contributed by atoms with van der Waals surface area (Å²) >= 11 is 0. The molecule has 0 spiro atoms. The molecule has 0 saturated carbocycles. The van der Waals surface area contributed by atoms with Crippen molar-refractivity contribution in [2.24, 2.45) is 5.92 Å². The van der Waals surface area contributed by atoms with Gasteiger partial charge in [-0.3, -0.25) is 4.90 Å². The second kappa shape index (κ2) is 3.65. The molecule has 0 radical (unpaired) electrons. The van der Waals surface area contributed by atoms with Crippen LogP contribution in [0.3, 0.4) is 0 Å². The largest absolute Gasteiger partial charge is 0.311 e. The fourth-order valence-corrected chi connectivity index (χ4v) is 2.42. The van der Waals surface area contributed by atoms with Crippen LogP contribution in [-0.4, -0.2) is 36.6 Å². The molecule has 3 saturated heterocycles. The van der Waals surface area contributed by atoms with Gasteiger partial charge in [-0.1, -0.05) is 0 Å². The summed E-state index contributed by atoms with van der Waals surface area (Å²) in [5, 5.41) is 12.3. The van der Waals surface area contributed by atoms with Gasteiger partial charge in [0.05, 0.1) is 12.0 Å². The summed E-state index contributed by atoms with van der Waals surface area (Å²) in [6.45, 7) is 5.24. The third-order valence-electron chi connectivity index (χ3n) is 3.19. The summed E-state index contributed by atoms with van der Waals surface area (Å²) < 4.78 is 0. The summed E-state index contributed by atoms with van der Waals surface area (Å²) in [6.07, 6.45) is 2.64. The van der Waals surface area contributed by atoms with Crippen LogP contribution in [0, 0.1) is 17.2 Å². The standard InChI is InChI=1S/C10H17N3/c1-8(4-11)6-13-7-9-2-3-10(13)5-12-9/h8-10,12H,2-3,5-7H2,1H3. The fraction of sp³-hybridized carbons (Fsp3) is 0.900. The van der Waals surface area contributed by atoms with Crippen LogP contribution in [-0.2, 0) is 0 Å². The van der Waals surface area contributed by atoms with E-state index in [0.717, 1.165) is 19.6 Å². The Morgan fingerprint density at radius 2 is 2.46 bits per heavy atom. The van der Waals surface area contributed by atoms with Crippen LogP contribution in [0.4, 0.5) is 0 Å². The van der Waals surface area contributed by atoms with Gasteiger partial charge in [-0.05, 0) is 19.8 Å². The minimum absolute atomic E-state index is 0.180. The third kappa shape index (κ3) is 1.84. The second-order valence-corrected chi connectivity index (χ2v) is 4.32. The Balaban J connectivity index is 1.90. The van der Waals surface area contributed by atoms with Gasteiger partial charge >= 0.3 is 0 Å². The zero-order chi connectivity index (χ0) is 9.26. The molecule has 3 aliphatic rings. The van der Waals surface area contributed by atoms with E-state index in [1.165, 1.54) is 12.8 Å². The number of nitriles is 1. The second-order valence-electron chi connectivity index (χ2n) is 4.32. The molecule has 72 valence electrons. The Labute approximate surface area is 79.7 Å². The summed E-state index contributed by atoms with van der Waals surface area (Å²) in [6, 6.07) is 3.70. The van der Waals surface area contributed by atoms with Gasteiger partial charge in [0.15, 0.2) is 0 Å². The van der Waals surface area contributed by atoms with Gasteiger partial charge in [-0.15, -0.1) is 0 Å². The van der Waals surface area contributed by atoms with Crippen molar-refractivity contribution in [2.45, 2.75) is 31.8 Å². The van der Waals surface area contributed by atoms with Crippen molar-refractivity contribution in [2.75, 3.05) is 19.6 Å². The van der Waals surface area contributed by atoms with E-state index in [2.05, 4.69) is 16.3 Å². The molecule has 13 heavy (non-hydrogen) atoms. The van der Waals surface area contributed by atoms with Crippen LogP contribution in [0.5, 0.6) is 0 Å². The first-order chi connectivity index (χ1) is 6.29. The molecule has 3 aliphatic heterocycles. The lowest BCUT2D eigenvalue weighted by Gasteiger charge is -2.46. The van der Waals surface area contributed by atoms with E-state index in [1.54, 1.807) is 0 Å². The molecule has 0 aromatic carbocycles. The average Bonchev–Trinajstić information content (AvgIpc) is 2.19. The zero-order valence-corrected chi connectivity index (χ0v) is 8.16. The monoisotopic (exact) mass is 179 g/mol. The lowest BCUT2D eigenvalue weighted by Crippen LogP contribution is -2.61. The number of nitrogens with one attached hydrogen (secondary N) is 1. The van der Waals surface area contributed by atoms with E-state index >= 15 is 0 Å². The van der Waals surface area contributed by atoms with E-state index in [-0.39, 0.29) is 5.92 Å². The first-order valence-corrected chi connectivity index (χ1v) is 5.16. The molecule has 3 rings (SSSR count). The minimum atomic E-state index is 0.180. The molecule has 3 atom stereocenters. The van der Waals surface area contributed by atoms with Crippen LogP contribution in [0.2, 0.25) is 0 Å². The van der Waals surface area contributed by atoms with Crippen molar-refractivity contribution in [3.63, 3.8) is 0 Å². The smallest absolute Gasteiger partial charge is 0.0666 e. The number of hydrogen-bond donors (Lipinski definition) is 1. The average molecular weight is 179 g/mol. The van der Waals surface area contributed by atoms with E-state index < -0.39 is 0 Å². The number of rotatable bonds is 2. The first kappa shape index (κ1) is 8.98. The van der Waals surface area contributed by atoms with Crippen molar-refractivity contribution >= 4 is 0 Å². The number of nitrogens with zero attached hydrogens (tertiary/aromatic N) is 2. The SMILES string of the molecule is CC(C#N)CN1CC2CCC1CN2. The Kier molecular flexibility index (Phi) is 2.52. The predicted octanol–water partition coefficient (Wildman–Crippen LogP) is 0.582. The highest BCUT2D eigenvalue weighted by Crippen LogP contribution is 2.22. The number of hydrogen-bond acceptors (Lipinski definition) is 3. The third-order valence-corrected chi connectivity index (χ3v) is 3.19. The fourth-order valence-electron chi connectivity index (χ4n) is 2.42. The number of fused-ring (bicyclic) bond motifs is 3. The topological polar surface area (TPSA) is 39.1 Å². The lowest BCUT2D eigenvalue weighted by molar-refractivity contribution is 0.0687. The van der Waals surface area contributed by atoms with Gasteiger partial charge in [-0.2, -0.15) is 5.26 Å². The van der Waals surface area contributed by atoms with Crippen molar-refractivity contribution in [1.29, 1.82) is 5.26 Å². The van der Waals surface area contributed by atoms with Gasteiger partial charge in [0.25, 0.3) is 0 Å². The molecule has 0 aromatic rings. The maximum atomic E-state index is 8.74. The Hall–Kier alpha value is -0.590. The molecule has 2 bridgehead atoms. The molecule has 3 heteroatoms. The molecule has 3 heterocycles. The lowest BCUT2D eigenvalue weighted by atomic mass is 9.92. The quantitative estimate of drug-likeness (QED) is 0.674. The van der Waals surface area contributed by atoms with Gasteiger partial charge < -0.3 is 5.32 Å². The van der Waals surface area contributed by atoms with Crippen LogP contribution >= 0.6 is 0 Å². The highest BCUT2D eigenvalue weighted by molar-refractivity contribution is 4.94. The van der Waals surface area contributed by atoms with Gasteiger partial charge in [0.2, 0.25) is 0 Å². The summed E-state index contributed by atoms with van der Waals surface area (Å²) in [5.41, 5.74) is 0. The predicted molar refractivity (Wildman–Crippen MR) is 51.2 cm³/mol. The van der Waals surface area contributed by atoms with E-state index in [4.69, 9.17) is 5.26 Å². The molecule has 3 nitrogen and oxygen atoms in total. The van der Waals surface area contributed by atoms with Gasteiger partial charge in [-0.25, -0.2) is 0 Å². The van der Waals surface area contributed by atoms with E-state index in [0.29, 0.717) is 12.1 Å². The first-order valence-electron chi connectivity index (χ1n) is 5.16. The molecule has 1 N–H and O–H groups in total. The van der Waals surface area contributed by atoms with E-state index in [1.807, 2.05) is 6.92 Å². The highest BCUT2D eigenvalue weighted by Gasteiger charge is 2.33. The Morgan fingerprint density at radius 3 is 2.92 bits per heavy atom. The molecular formula is C10H17N3. The molecule has 0 aliphatic carbocycles. The van der Waals surface area contributed by atoms with Crippen molar-refractivity contribution < 1.29 is 0 Å².